The highest BCUT2D eigenvalue weighted by molar-refractivity contribution is 8.02. The molecule has 4 nitrogen and oxygen atoms in total. The first-order valence-electron chi connectivity index (χ1n) is 8.54. The van der Waals surface area contributed by atoms with Crippen molar-refractivity contribution in [1.82, 2.24) is 4.31 Å². The molecule has 1 aromatic carbocycles. The van der Waals surface area contributed by atoms with Crippen LogP contribution in [0.4, 0.5) is 11.4 Å². The lowest BCUT2D eigenvalue weighted by molar-refractivity contribution is 0.485. The third kappa shape index (κ3) is 4.58. The standard InChI is InChI=1S/C18H25N3OS3/c1-14-8-6-7-13-21(14)16-10-5-4-9-15(16)19-24-17-11-12-18(23-17)25(22)20(2)3/h4-5,9-12,14,19H,6-8,13H2,1-3H3. The van der Waals surface area contributed by atoms with Gasteiger partial charge in [0, 0.05) is 12.6 Å². The summed E-state index contributed by atoms with van der Waals surface area (Å²) in [6.07, 6.45) is 3.84. The highest BCUT2D eigenvalue weighted by Gasteiger charge is 2.20. The van der Waals surface area contributed by atoms with Crippen molar-refractivity contribution in [1.29, 1.82) is 0 Å². The fourth-order valence-corrected chi connectivity index (χ4v) is 6.26. The normalized spacial score (nSPS) is 19.2. The minimum Gasteiger partial charge on any atom is -0.367 e. The van der Waals surface area contributed by atoms with Crippen LogP contribution in [0.15, 0.2) is 44.8 Å². The SMILES string of the molecule is CC1CCCCN1c1ccccc1NSc1ccc(S(=O)N(C)C)s1. The first-order valence-corrected chi connectivity index (χ1v) is 11.3. The van der Waals surface area contributed by atoms with Crippen LogP contribution in [0.5, 0.6) is 0 Å². The summed E-state index contributed by atoms with van der Waals surface area (Å²) in [5.41, 5.74) is 2.42. The Morgan fingerprint density at radius 1 is 1.24 bits per heavy atom. The van der Waals surface area contributed by atoms with Gasteiger partial charge in [-0.15, -0.1) is 11.3 Å². The van der Waals surface area contributed by atoms with E-state index in [2.05, 4.69) is 40.8 Å². The maximum absolute atomic E-state index is 12.1. The van der Waals surface area contributed by atoms with Crippen molar-refractivity contribution in [2.24, 2.45) is 0 Å². The predicted octanol–water partition coefficient (Wildman–Crippen LogP) is 4.83. The van der Waals surface area contributed by atoms with E-state index in [4.69, 9.17) is 0 Å². The van der Waals surface area contributed by atoms with Gasteiger partial charge in [-0.05, 0) is 76.5 Å². The van der Waals surface area contributed by atoms with Gasteiger partial charge in [-0.1, -0.05) is 12.1 Å². The molecule has 0 bridgehead atoms. The number of rotatable bonds is 6. The summed E-state index contributed by atoms with van der Waals surface area (Å²) in [6.45, 7) is 3.43. The molecule has 136 valence electrons. The maximum Gasteiger partial charge on any atom is 0.137 e. The second kappa shape index (κ2) is 8.58. The van der Waals surface area contributed by atoms with Crippen molar-refractivity contribution < 1.29 is 4.21 Å². The zero-order valence-electron chi connectivity index (χ0n) is 14.9. The number of para-hydroxylation sites is 2. The third-order valence-corrected chi connectivity index (χ3v) is 7.99. The molecule has 1 aromatic heterocycles. The fraction of sp³-hybridized carbons (Fsp3) is 0.444. The van der Waals surface area contributed by atoms with Crippen LogP contribution in [0, 0.1) is 0 Å². The Kier molecular flexibility index (Phi) is 6.44. The van der Waals surface area contributed by atoms with E-state index in [-0.39, 0.29) is 0 Å². The average Bonchev–Trinajstić information content (AvgIpc) is 3.09. The lowest BCUT2D eigenvalue weighted by atomic mass is 10.0. The second-order valence-corrected chi connectivity index (χ2v) is 10.5. The Morgan fingerprint density at radius 3 is 2.80 bits per heavy atom. The van der Waals surface area contributed by atoms with Crippen molar-refractivity contribution in [2.75, 3.05) is 30.3 Å². The van der Waals surface area contributed by atoms with Crippen molar-refractivity contribution in [3.05, 3.63) is 36.4 Å². The molecule has 2 aromatic rings. The van der Waals surface area contributed by atoms with Crippen molar-refractivity contribution in [3.8, 4) is 0 Å². The maximum atomic E-state index is 12.1. The lowest BCUT2D eigenvalue weighted by Crippen LogP contribution is -2.37. The molecule has 1 N–H and O–H groups in total. The van der Waals surface area contributed by atoms with Crippen molar-refractivity contribution in [2.45, 2.75) is 40.6 Å². The molecule has 2 heterocycles. The van der Waals surface area contributed by atoms with Crippen LogP contribution in [0.2, 0.25) is 0 Å². The van der Waals surface area contributed by atoms with E-state index in [1.807, 2.05) is 26.2 Å². The van der Waals surface area contributed by atoms with E-state index in [1.54, 1.807) is 27.6 Å². The number of thiophene rings is 1. The second-order valence-electron chi connectivity index (χ2n) is 6.39. The highest BCUT2D eigenvalue weighted by Crippen LogP contribution is 2.36. The number of nitrogens with zero attached hydrogens (tertiary/aromatic N) is 2. The van der Waals surface area contributed by atoms with Gasteiger partial charge in [0.05, 0.1) is 15.6 Å². The molecule has 1 aliphatic rings. The van der Waals surface area contributed by atoms with Gasteiger partial charge in [0.2, 0.25) is 0 Å². The van der Waals surface area contributed by atoms with Crippen LogP contribution in [0.25, 0.3) is 0 Å². The van der Waals surface area contributed by atoms with Crippen molar-refractivity contribution >= 4 is 45.6 Å². The van der Waals surface area contributed by atoms with Gasteiger partial charge in [-0.25, -0.2) is 8.51 Å². The van der Waals surface area contributed by atoms with Gasteiger partial charge < -0.3 is 9.62 Å². The molecular weight excluding hydrogens is 370 g/mol. The molecule has 25 heavy (non-hydrogen) atoms. The van der Waals surface area contributed by atoms with Crippen LogP contribution >= 0.6 is 23.3 Å². The van der Waals surface area contributed by atoms with Gasteiger partial charge in [-0.3, -0.25) is 0 Å². The summed E-state index contributed by atoms with van der Waals surface area (Å²) in [6, 6.07) is 13.1. The molecule has 3 rings (SSSR count). The summed E-state index contributed by atoms with van der Waals surface area (Å²) < 4.78 is 19.4. The van der Waals surface area contributed by atoms with Gasteiger partial charge >= 0.3 is 0 Å². The number of nitrogens with one attached hydrogen (secondary N) is 1. The summed E-state index contributed by atoms with van der Waals surface area (Å²) in [5.74, 6) is 0. The number of hydrogen-bond donors (Lipinski definition) is 1. The number of anilines is 2. The first-order chi connectivity index (χ1) is 12.1. The highest BCUT2D eigenvalue weighted by atomic mass is 32.2. The van der Waals surface area contributed by atoms with Gasteiger partial charge in [-0.2, -0.15) is 0 Å². The van der Waals surface area contributed by atoms with Crippen LogP contribution in [-0.2, 0) is 11.0 Å². The van der Waals surface area contributed by atoms with Gasteiger partial charge in [0.25, 0.3) is 0 Å². The largest absolute Gasteiger partial charge is 0.367 e. The van der Waals surface area contributed by atoms with Gasteiger partial charge in [0.1, 0.15) is 15.2 Å². The lowest BCUT2D eigenvalue weighted by Gasteiger charge is -2.36. The molecule has 0 saturated carbocycles. The predicted molar refractivity (Wildman–Crippen MR) is 111 cm³/mol. The summed E-state index contributed by atoms with van der Waals surface area (Å²) >= 11 is 3.17. The van der Waals surface area contributed by atoms with E-state index in [0.717, 1.165) is 20.7 Å². The summed E-state index contributed by atoms with van der Waals surface area (Å²) in [4.78, 5) is 2.51. The fourth-order valence-electron chi connectivity index (χ4n) is 3.00. The average molecular weight is 396 g/mol. The van der Waals surface area contributed by atoms with Gasteiger partial charge in [0.15, 0.2) is 0 Å². The van der Waals surface area contributed by atoms with Crippen molar-refractivity contribution in [3.63, 3.8) is 0 Å². The molecule has 1 saturated heterocycles. The summed E-state index contributed by atoms with van der Waals surface area (Å²) in [7, 11) is 2.59. The molecule has 0 spiro atoms. The molecule has 1 aliphatic heterocycles. The van der Waals surface area contributed by atoms with E-state index < -0.39 is 11.0 Å². The Morgan fingerprint density at radius 2 is 2.04 bits per heavy atom. The smallest absolute Gasteiger partial charge is 0.137 e. The molecule has 2 atom stereocenters. The Labute approximate surface area is 161 Å². The topological polar surface area (TPSA) is 35.6 Å². The molecular formula is C18H25N3OS3. The number of piperidine rings is 1. The Hall–Kier alpha value is -1.02. The molecule has 0 radical (unpaired) electrons. The Balaban J connectivity index is 1.71. The van der Waals surface area contributed by atoms with Crippen LogP contribution in [-0.4, -0.2) is 35.2 Å². The van der Waals surface area contributed by atoms with E-state index in [0.29, 0.717) is 6.04 Å². The third-order valence-electron chi connectivity index (χ3n) is 4.34. The zero-order valence-corrected chi connectivity index (χ0v) is 17.3. The Bertz CT molecular complexity index is 732. The minimum absolute atomic E-state index is 0.581. The van der Waals surface area contributed by atoms with E-state index >= 15 is 0 Å². The number of hydrogen-bond acceptors (Lipinski definition) is 5. The minimum atomic E-state index is -1.07. The van der Waals surface area contributed by atoms with Crippen LogP contribution in [0.1, 0.15) is 26.2 Å². The molecule has 2 unspecified atom stereocenters. The number of benzene rings is 1. The molecule has 7 heteroatoms. The van der Waals surface area contributed by atoms with Crippen LogP contribution in [0.3, 0.4) is 0 Å². The molecule has 1 fully saturated rings. The van der Waals surface area contributed by atoms with Crippen LogP contribution < -0.4 is 9.62 Å². The zero-order chi connectivity index (χ0) is 17.8. The molecule has 0 aliphatic carbocycles. The quantitative estimate of drug-likeness (QED) is 0.711. The molecule has 0 amide bonds. The monoisotopic (exact) mass is 395 g/mol. The van der Waals surface area contributed by atoms with E-state index in [9.17, 15) is 4.21 Å². The summed E-state index contributed by atoms with van der Waals surface area (Å²) in [5, 5.41) is 0. The first kappa shape index (κ1) is 18.8. The van der Waals surface area contributed by atoms with E-state index in [1.165, 1.54) is 24.9 Å².